The molecule has 15 heavy (non-hydrogen) atoms. The lowest BCUT2D eigenvalue weighted by Crippen LogP contribution is -2.47. The third-order valence-electron chi connectivity index (χ3n) is 3.46. The van der Waals surface area contributed by atoms with E-state index in [4.69, 9.17) is 5.73 Å². The summed E-state index contributed by atoms with van der Waals surface area (Å²) >= 11 is 0. The molecule has 0 bridgehead atoms. The minimum absolute atomic E-state index is 0.357. The van der Waals surface area contributed by atoms with Crippen molar-refractivity contribution in [3.63, 3.8) is 0 Å². The summed E-state index contributed by atoms with van der Waals surface area (Å²) in [5.41, 5.74) is 9.70. The molecule has 2 nitrogen and oxygen atoms in total. The minimum atomic E-state index is 0.357. The third-order valence-corrected chi connectivity index (χ3v) is 3.46. The summed E-state index contributed by atoms with van der Waals surface area (Å²) in [7, 11) is 0. The predicted octanol–water partition coefficient (Wildman–Crippen LogP) is 2.61. The molecule has 3 N–H and O–H groups in total. The van der Waals surface area contributed by atoms with Crippen LogP contribution in [0.1, 0.15) is 37.3 Å². The molecule has 1 aliphatic carbocycles. The second-order valence-electron chi connectivity index (χ2n) is 4.97. The highest BCUT2D eigenvalue weighted by Crippen LogP contribution is 2.31. The second kappa shape index (κ2) is 3.86. The normalized spacial score (nSPS) is 18.5. The molecule has 1 aliphatic rings. The lowest BCUT2D eigenvalue weighted by atomic mass is 9.78. The number of hydrogen-bond donors (Lipinski definition) is 2. The van der Waals surface area contributed by atoms with Gasteiger partial charge in [-0.25, -0.2) is 0 Å². The summed E-state index contributed by atoms with van der Waals surface area (Å²) in [4.78, 5) is 0. The van der Waals surface area contributed by atoms with Crippen molar-refractivity contribution in [3.8, 4) is 0 Å². The van der Waals surface area contributed by atoms with Crippen LogP contribution in [0, 0.1) is 6.92 Å². The highest BCUT2D eigenvalue weighted by molar-refractivity contribution is 5.48. The van der Waals surface area contributed by atoms with Gasteiger partial charge in [-0.15, -0.1) is 0 Å². The third kappa shape index (κ3) is 2.32. The molecule has 2 rings (SSSR count). The number of nitrogens with two attached hydrogens (primary N) is 1. The van der Waals surface area contributed by atoms with Crippen molar-refractivity contribution in [2.45, 2.75) is 45.2 Å². The average molecular weight is 204 g/mol. The zero-order valence-electron chi connectivity index (χ0n) is 9.64. The molecule has 1 aromatic rings. The maximum atomic E-state index is 5.94. The number of hydrogen-bond acceptors (Lipinski definition) is 2. The second-order valence-corrected chi connectivity index (χ2v) is 4.97. The standard InChI is InChI=1S/C13H20N2/c1-10-4-5-12(14)11(8-10)9-15-13(2)6-3-7-13/h4-5,8,15H,3,6-7,9,14H2,1-2H3. The monoisotopic (exact) mass is 204 g/mol. The molecule has 2 heteroatoms. The van der Waals surface area contributed by atoms with Gasteiger partial charge in [0.25, 0.3) is 0 Å². The van der Waals surface area contributed by atoms with Crippen molar-refractivity contribution in [1.82, 2.24) is 5.32 Å². The Balaban J connectivity index is 2.01. The van der Waals surface area contributed by atoms with Gasteiger partial charge in [0, 0.05) is 17.8 Å². The van der Waals surface area contributed by atoms with Crippen LogP contribution < -0.4 is 11.1 Å². The SMILES string of the molecule is Cc1ccc(N)c(CNC2(C)CCC2)c1. The van der Waals surface area contributed by atoms with E-state index in [0.717, 1.165) is 12.2 Å². The van der Waals surface area contributed by atoms with Gasteiger partial charge in [-0.05, 0) is 44.7 Å². The maximum Gasteiger partial charge on any atom is 0.0359 e. The number of rotatable bonds is 3. The minimum Gasteiger partial charge on any atom is -0.398 e. The summed E-state index contributed by atoms with van der Waals surface area (Å²) in [6.45, 7) is 5.29. The van der Waals surface area contributed by atoms with E-state index in [1.54, 1.807) is 0 Å². The largest absolute Gasteiger partial charge is 0.398 e. The zero-order valence-corrected chi connectivity index (χ0v) is 9.64. The molecule has 0 unspecified atom stereocenters. The molecular weight excluding hydrogens is 184 g/mol. The van der Waals surface area contributed by atoms with E-state index in [1.165, 1.54) is 30.4 Å². The van der Waals surface area contributed by atoms with Crippen LogP contribution in [0.5, 0.6) is 0 Å². The molecule has 0 atom stereocenters. The van der Waals surface area contributed by atoms with E-state index in [0.29, 0.717) is 5.54 Å². The summed E-state index contributed by atoms with van der Waals surface area (Å²) in [5.74, 6) is 0. The molecule has 0 amide bonds. The molecule has 1 aromatic carbocycles. The van der Waals surface area contributed by atoms with E-state index in [2.05, 4.69) is 31.3 Å². The van der Waals surface area contributed by atoms with Crippen molar-refractivity contribution in [2.75, 3.05) is 5.73 Å². The van der Waals surface area contributed by atoms with Crippen molar-refractivity contribution < 1.29 is 0 Å². The van der Waals surface area contributed by atoms with Crippen molar-refractivity contribution >= 4 is 5.69 Å². The van der Waals surface area contributed by atoms with Gasteiger partial charge in [0.05, 0.1) is 0 Å². The van der Waals surface area contributed by atoms with E-state index in [1.807, 2.05) is 6.07 Å². The van der Waals surface area contributed by atoms with Crippen LogP contribution in [-0.4, -0.2) is 5.54 Å². The summed E-state index contributed by atoms with van der Waals surface area (Å²) in [5, 5.41) is 3.60. The fourth-order valence-corrected chi connectivity index (χ4v) is 2.08. The molecule has 82 valence electrons. The van der Waals surface area contributed by atoms with Gasteiger partial charge in [0.1, 0.15) is 0 Å². The van der Waals surface area contributed by atoms with Crippen LogP contribution in [0.2, 0.25) is 0 Å². The Morgan fingerprint density at radius 1 is 1.40 bits per heavy atom. The smallest absolute Gasteiger partial charge is 0.0359 e. The molecule has 0 aromatic heterocycles. The van der Waals surface area contributed by atoms with Crippen LogP contribution in [0.25, 0.3) is 0 Å². The van der Waals surface area contributed by atoms with Gasteiger partial charge in [0.15, 0.2) is 0 Å². The number of benzene rings is 1. The van der Waals surface area contributed by atoms with E-state index in [9.17, 15) is 0 Å². The number of anilines is 1. The molecule has 0 spiro atoms. The maximum absolute atomic E-state index is 5.94. The van der Waals surface area contributed by atoms with Gasteiger partial charge in [0.2, 0.25) is 0 Å². The molecule has 0 radical (unpaired) electrons. The van der Waals surface area contributed by atoms with Crippen LogP contribution in [0.3, 0.4) is 0 Å². The predicted molar refractivity (Wildman–Crippen MR) is 64.7 cm³/mol. The molecular formula is C13H20N2. The van der Waals surface area contributed by atoms with Crippen LogP contribution in [-0.2, 0) is 6.54 Å². The Morgan fingerprint density at radius 3 is 2.73 bits per heavy atom. The summed E-state index contributed by atoms with van der Waals surface area (Å²) < 4.78 is 0. The quantitative estimate of drug-likeness (QED) is 0.743. The van der Waals surface area contributed by atoms with Gasteiger partial charge >= 0.3 is 0 Å². The molecule has 1 fully saturated rings. The number of aryl methyl sites for hydroxylation is 1. The lowest BCUT2D eigenvalue weighted by molar-refractivity contribution is 0.207. The first-order valence-corrected chi connectivity index (χ1v) is 5.69. The Morgan fingerprint density at radius 2 is 2.13 bits per heavy atom. The summed E-state index contributed by atoms with van der Waals surface area (Å²) in [6, 6.07) is 6.23. The fraction of sp³-hybridized carbons (Fsp3) is 0.538. The highest BCUT2D eigenvalue weighted by Gasteiger charge is 2.30. The molecule has 0 aliphatic heterocycles. The first-order valence-electron chi connectivity index (χ1n) is 5.69. The first-order chi connectivity index (χ1) is 7.09. The molecule has 0 heterocycles. The first kappa shape index (κ1) is 10.5. The average Bonchev–Trinajstić information content (AvgIpc) is 2.17. The van der Waals surface area contributed by atoms with Gasteiger partial charge < -0.3 is 11.1 Å². The van der Waals surface area contributed by atoms with Crippen molar-refractivity contribution in [2.24, 2.45) is 0 Å². The van der Waals surface area contributed by atoms with Crippen LogP contribution >= 0.6 is 0 Å². The van der Waals surface area contributed by atoms with Gasteiger partial charge in [-0.1, -0.05) is 17.7 Å². The Bertz CT molecular complexity index is 354. The van der Waals surface area contributed by atoms with Crippen LogP contribution in [0.15, 0.2) is 18.2 Å². The van der Waals surface area contributed by atoms with Crippen LogP contribution in [0.4, 0.5) is 5.69 Å². The fourth-order valence-electron chi connectivity index (χ4n) is 2.08. The van der Waals surface area contributed by atoms with Gasteiger partial charge in [-0.2, -0.15) is 0 Å². The van der Waals surface area contributed by atoms with Crippen molar-refractivity contribution in [1.29, 1.82) is 0 Å². The summed E-state index contributed by atoms with van der Waals surface area (Å²) in [6.07, 6.45) is 3.93. The Hall–Kier alpha value is -1.02. The highest BCUT2D eigenvalue weighted by atomic mass is 15.0. The number of nitrogen functional groups attached to an aromatic ring is 1. The Labute approximate surface area is 91.9 Å². The molecule has 0 saturated heterocycles. The van der Waals surface area contributed by atoms with Crippen molar-refractivity contribution in [3.05, 3.63) is 29.3 Å². The topological polar surface area (TPSA) is 38.0 Å². The van der Waals surface area contributed by atoms with E-state index < -0.39 is 0 Å². The lowest BCUT2D eigenvalue weighted by Gasteiger charge is -2.39. The Kier molecular flexibility index (Phi) is 2.70. The zero-order chi connectivity index (χ0) is 10.9. The number of nitrogens with one attached hydrogen (secondary N) is 1. The van der Waals surface area contributed by atoms with E-state index >= 15 is 0 Å². The van der Waals surface area contributed by atoms with Gasteiger partial charge in [-0.3, -0.25) is 0 Å². The molecule has 1 saturated carbocycles. The van der Waals surface area contributed by atoms with E-state index in [-0.39, 0.29) is 0 Å².